The van der Waals surface area contributed by atoms with E-state index in [0.29, 0.717) is 17.7 Å². The molecule has 0 aliphatic rings. The van der Waals surface area contributed by atoms with Crippen LogP contribution in [0.5, 0.6) is 5.75 Å². The molecule has 3 rings (SSSR count). The maximum absolute atomic E-state index is 12.0. The van der Waals surface area contributed by atoms with Crippen LogP contribution in [0.1, 0.15) is 18.9 Å². The van der Waals surface area contributed by atoms with E-state index in [1.54, 1.807) is 12.1 Å². The van der Waals surface area contributed by atoms with Crippen molar-refractivity contribution in [3.8, 4) is 5.75 Å². The number of carboxylic acid groups (broad SMARTS) is 1. The van der Waals surface area contributed by atoms with E-state index in [1.807, 2.05) is 67.6 Å². The molecule has 1 unspecified atom stereocenters. The molecule has 3 heteroatoms. The van der Waals surface area contributed by atoms with E-state index in [4.69, 9.17) is 4.74 Å². The number of hydrogen-bond acceptors (Lipinski definition) is 2. The van der Waals surface area contributed by atoms with Gasteiger partial charge in [-0.2, -0.15) is 0 Å². The maximum Gasteiger partial charge on any atom is 0.352 e. The average molecular weight is 306 g/mol. The highest BCUT2D eigenvalue weighted by Crippen LogP contribution is 2.33. The standard InChI is InChI=1S/C20H18O3/c1-2-20(19(21)22,17-10-4-3-5-11-17)23-18-13-12-15-8-6-7-9-16(15)14-18/h3-14H,2H2,1H3,(H,21,22). The summed E-state index contributed by atoms with van der Waals surface area (Å²) in [5, 5.41) is 11.9. The Morgan fingerprint density at radius 2 is 1.61 bits per heavy atom. The first kappa shape index (κ1) is 15.1. The second-order valence-electron chi connectivity index (χ2n) is 5.46. The normalized spacial score (nSPS) is 13.4. The number of fused-ring (bicyclic) bond motifs is 1. The van der Waals surface area contributed by atoms with Gasteiger partial charge in [0.25, 0.3) is 0 Å². The van der Waals surface area contributed by atoms with Crippen molar-refractivity contribution in [3.63, 3.8) is 0 Å². The van der Waals surface area contributed by atoms with Crippen LogP contribution >= 0.6 is 0 Å². The van der Waals surface area contributed by atoms with Crippen LogP contribution in [-0.4, -0.2) is 11.1 Å². The highest BCUT2D eigenvalue weighted by Gasteiger charge is 2.41. The van der Waals surface area contributed by atoms with Gasteiger partial charge < -0.3 is 9.84 Å². The molecule has 0 spiro atoms. The lowest BCUT2D eigenvalue weighted by Crippen LogP contribution is -2.41. The topological polar surface area (TPSA) is 46.5 Å². The second kappa shape index (κ2) is 6.13. The van der Waals surface area contributed by atoms with E-state index in [-0.39, 0.29) is 0 Å². The van der Waals surface area contributed by atoms with Crippen LogP contribution < -0.4 is 4.74 Å². The van der Waals surface area contributed by atoms with E-state index >= 15 is 0 Å². The minimum Gasteiger partial charge on any atom is -0.478 e. The molecule has 0 amide bonds. The van der Waals surface area contributed by atoms with Gasteiger partial charge in [-0.3, -0.25) is 0 Å². The lowest BCUT2D eigenvalue weighted by molar-refractivity contribution is -0.156. The van der Waals surface area contributed by atoms with Crippen LogP contribution in [0.4, 0.5) is 0 Å². The fourth-order valence-electron chi connectivity index (χ4n) is 2.79. The summed E-state index contributed by atoms with van der Waals surface area (Å²) in [7, 11) is 0. The Bertz CT molecular complexity index is 826. The molecule has 0 radical (unpaired) electrons. The Kier molecular flexibility index (Phi) is 4.02. The molecule has 0 saturated heterocycles. The number of carboxylic acids is 1. The van der Waals surface area contributed by atoms with Crippen LogP contribution in [-0.2, 0) is 10.4 Å². The number of aliphatic carboxylic acids is 1. The summed E-state index contributed by atoms with van der Waals surface area (Å²) >= 11 is 0. The van der Waals surface area contributed by atoms with Crippen molar-refractivity contribution in [2.75, 3.05) is 0 Å². The molecule has 116 valence electrons. The van der Waals surface area contributed by atoms with Crippen molar-refractivity contribution < 1.29 is 14.6 Å². The lowest BCUT2D eigenvalue weighted by atomic mass is 9.90. The average Bonchev–Trinajstić information content (AvgIpc) is 2.60. The van der Waals surface area contributed by atoms with Gasteiger partial charge in [-0.25, -0.2) is 4.79 Å². The number of ether oxygens (including phenoxy) is 1. The van der Waals surface area contributed by atoms with Gasteiger partial charge in [-0.15, -0.1) is 0 Å². The molecule has 0 aliphatic carbocycles. The van der Waals surface area contributed by atoms with Crippen LogP contribution in [0.15, 0.2) is 72.8 Å². The first-order chi connectivity index (χ1) is 11.2. The summed E-state index contributed by atoms with van der Waals surface area (Å²) in [6.07, 6.45) is 0.333. The van der Waals surface area contributed by atoms with Crippen LogP contribution in [0, 0.1) is 0 Å². The molecular formula is C20H18O3. The number of rotatable bonds is 5. The van der Waals surface area contributed by atoms with Crippen molar-refractivity contribution in [3.05, 3.63) is 78.4 Å². The van der Waals surface area contributed by atoms with Gasteiger partial charge in [0.05, 0.1) is 0 Å². The molecule has 23 heavy (non-hydrogen) atoms. The minimum absolute atomic E-state index is 0.333. The fraction of sp³-hybridized carbons (Fsp3) is 0.150. The maximum atomic E-state index is 12.0. The van der Waals surface area contributed by atoms with Gasteiger partial charge in [-0.05, 0) is 29.3 Å². The molecule has 0 fully saturated rings. The predicted molar refractivity (Wildman–Crippen MR) is 90.6 cm³/mol. The lowest BCUT2D eigenvalue weighted by Gasteiger charge is -2.30. The summed E-state index contributed by atoms with van der Waals surface area (Å²) in [5.74, 6) is -0.434. The van der Waals surface area contributed by atoms with Crippen molar-refractivity contribution >= 4 is 16.7 Å². The van der Waals surface area contributed by atoms with Gasteiger partial charge >= 0.3 is 5.97 Å². The molecule has 3 aromatic carbocycles. The molecule has 0 aromatic heterocycles. The smallest absolute Gasteiger partial charge is 0.352 e. The van der Waals surface area contributed by atoms with Crippen molar-refractivity contribution in [2.24, 2.45) is 0 Å². The third-order valence-electron chi connectivity index (χ3n) is 4.10. The second-order valence-corrected chi connectivity index (χ2v) is 5.46. The first-order valence-corrected chi connectivity index (χ1v) is 7.62. The first-order valence-electron chi connectivity index (χ1n) is 7.62. The van der Waals surface area contributed by atoms with Gasteiger partial charge in [0.2, 0.25) is 5.60 Å². The van der Waals surface area contributed by atoms with Gasteiger partial charge in [0.15, 0.2) is 0 Å². The number of hydrogen-bond donors (Lipinski definition) is 1. The minimum atomic E-state index is -1.39. The Hall–Kier alpha value is -2.81. The highest BCUT2D eigenvalue weighted by atomic mass is 16.5. The molecule has 1 atom stereocenters. The molecule has 3 nitrogen and oxygen atoms in total. The summed E-state index contributed by atoms with van der Waals surface area (Å²) in [4.78, 5) is 12.0. The van der Waals surface area contributed by atoms with E-state index in [9.17, 15) is 9.90 Å². The SMILES string of the molecule is CCC(Oc1ccc2ccccc2c1)(C(=O)O)c1ccccc1. The highest BCUT2D eigenvalue weighted by molar-refractivity contribution is 5.84. The summed E-state index contributed by atoms with van der Waals surface area (Å²) < 4.78 is 6.01. The molecule has 0 bridgehead atoms. The molecule has 1 N–H and O–H groups in total. The Morgan fingerprint density at radius 1 is 0.957 bits per heavy atom. The summed E-state index contributed by atoms with van der Waals surface area (Å²) in [6, 6.07) is 22.7. The van der Waals surface area contributed by atoms with Gasteiger partial charge in [0, 0.05) is 5.56 Å². The summed E-state index contributed by atoms with van der Waals surface area (Å²) in [6.45, 7) is 1.82. The van der Waals surface area contributed by atoms with Crippen molar-refractivity contribution in [2.45, 2.75) is 18.9 Å². The Morgan fingerprint density at radius 3 is 2.26 bits per heavy atom. The van der Waals surface area contributed by atoms with Crippen LogP contribution in [0.25, 0.3) is 10.8 Å². The van der Waals surface area contributed by atoms with Gasteiger partial charge in [0.1, 0.15) is 5.75 Å². The molecular weight excluding hydrogens is 288 g/mol. The zero-order chi connectivity index (χ0) is 16.3. The quantitative estimate of drug-likeness (QED) is 0.749. The Labute approximate surface area is 135 Å². The van der Waals surface area contributed by atoms with Crippen molar-refractivity contribution in [1.29, 1.82) is 0 Å². The number of benzene rings is 3. The third-order valence-corrected chi connectivity index (χ3v) is 4.10. The van der Waals surface area contributed by atoms with E-state index in [0.717, 1.165) is 10.8 Å². The van der Waals surface area contributed by atoms with Crippen molar-refractivity contribution in [1.82, 2.24) is 0 Å². The zero-order valence-corrected chi connectivity index (χ0v) is 12.9. The fourth-order valence-corrected chi connectivity index (χ4v) is 2.79. The van der Waals surface area contributed by atoms with Gasteiger partial charge in [-0.1, -0.05) is 67.6 Å². The third kappa shape index (κ3) is 2.78. The monoisotopic (exact) mass is 306 g/mol. The Balaban J connectivity index is 2.05. The zero-order valence-electron chi connectivity index (χ0n) is 12.9. The van der Waals surface area contributed by atoms with Crippen LogP contribution in [0.3, 0.4) is 0 Å². The molecule has 0 heterocycles. The van der Waals surface area contributed by atoms with E-state index in [2.05, 4.69) is 0 Å². The largest absolute Gasteiger partial charge is 0.478 e. The van der Waals surface area contributed by atoms with E-state index in [1.165, 1.54) is 0 Å². The predicted octanol–water partition coefficient (Wildman–Crippen LogP) is 4.61. The van der Waals surface area contributed by atoms with Crippen LogP contribution in [0.2, 0.25) is 0 Å². The molecule has 0 aliphatic heterocycles. The molecule has 3 aromatic rings. The van der Waals surface area contributed by atoms with E-state index < -0.39 is 11.6 Å². The summed E-state index contributed by atoms with van der Waals surface area (Å²) in [5.41, 5.74) is -0.743. The number of carbonyl (C=O) groups is 1. The molecule has 0 saturated carbocycles.